The molecule has 0 aliphatic heterocycles. The molecule has 0 amide bonds. The van der Waals surface area contributed by atoms with E-state index in [4.69, 9.17) is 0 Å². The number of benzene rings is 1. The molecule has 4 nitrogen and oxygen atoms in total. The average Bonchev–Trinajstić information content (AvgIpc) is 2.44. The van der Waals surface area contributed by atoms with Gasteiger partial charge in [-0.2, -0.15) is 0 Å². The second-order valence-corrected chi connectivity index (χ2v) is 4.59. The van der Waals surface area contributed by atoms with E-state index < -0.39 is 0 Å². The lowest BCUT2D eigenvalue weighted by Gasteiger charge is -2.11. The molecule has 0 atom stereocenters. The van der Waals surface area contributed by atoms with Gasteiger partial charge in [0.25, 0.3) is 0 Å². The summed E-state index contributed by atoms with van der Waals surface area (Å²) in [5, 5.41) is 6.17. The zero-order chi connectivity index (χ0) is 14.5. The molecule has 0 bridgehead atoms. The largest absolute Gasteiger partial charge is 0.373 e. The summed E-state index contributed by atoms with van der Waals surface area (Å²) in [5.41, 5.74) is 1.29. The lowest BCUT2D eigenvalue weighted by atomic mass is 10.2. The van der Waals surface area contributed by atoms with Crippen LogP contribution in [0.1, 0.15) is 24.7 Å². The van der Waals surface area contributed by atoms with Gasteiger partial charge in [0.2, 0.25) is 0 Å². The molecule has 0 aliphatic rings. The summed E-state index contributed by atoms with van der Waals surface area (Å²) in [6.45, 7) is 3.82. The highest BCUT2D eigenvalue weighted by Crippen LogP contribution is 2.22. The number of halogens is 1. The minimum atomic E-state index is -0.230. The van der Waals surface area contributed by atoms with Crippen LogP contribution < -0.4 is 10.6 Å². The van der Waals surface area contributed by atoms with Crippen LogP contribution in [0.4, 0.5) is 21.7 Å². The van der Waals surface area contributed by atoms with Crippen molar-refractivity contribution in [1.82, 2.24) is 9.97 Å². The number of hydrogen-bond acceptors (Lipinski definition) is 4. The van der Waals surface area contributed by atoms with E-state index in [0.29, 0.717) is 17.1 Å². The van der Waals surface area contributed by atoms with Gasteiger partial charge in [-0.15, -0.1) is 0 Å². The summed E-state index contributed by atoms with van der Waals surface area (Å²) in [4.78, 5) is 8.84. The van der Waals surface area contributed by atoms with Gasteiger partial charge in [0.1, 0.15) is 23.3 Å². The quantitative estimate of drug-likeness (QED) is 0.873. The van der Waals surface area contributed by atoms with Gasteiger partial charge in [-0.25, -0.2) is 14.4 Å². The van der Waals surface area contributed by atoms with Gasteiger partial charge in [-0.1, -0.05) is 13.0 Å². The van der Waals surface area contributed by atoms with Gasteiger partial charge in [0.15, 0.2) is 0 Å². The third-order valence-corrected chi connectivity index (χ3v) is 3.03. The smallest absolute Gasteiger partial charge is 0.136 e. The maximum absolute atomic E-state index is 13.5. The Labute approximate surface area is 118 Å². The topological polar surface area (TPSA) is 49.8 Å². The van der Waals surface area contributed by atoms with Crippen LogP contribution >= 0.6 is 0 Å². The normalized spacial score (nSPS) is 10.4. The molecular weight excluding hydrogens is 255 g/mol. The molecule has 0 saturated heterocycles. The molecule has 0 spiro atoms. The summed E-state index contributed by atoms with van der Waals surface area (Å²) >= 11 is 0. The first kappa shape index (κ1) is 14.2. The van der Waals surface area contributed by atoms with Crippen LogP contribution in [-0.2, 0) is 6.42 Å². The Morgan fingerprint density at radius 2 is 1.95 bits per heavy atom. The molecule has 0 saturated carbocycles. The van der Waals surface area contributed by atoms with Crippen molar-refractivity contribution in [2.75, 3.05) is 17.7 Å². The third kappa shape index (κ3) is 3.23. The monoisotopic (exact) mass is 274 g/mol. The molecule has 0 fully saturated rings. The summed E-state index contributed by atoms with van der Waals surface area (Å²) in [5.74, 6) is 1.96. The minimum Gasteiger partial charge on any atom is -0.373 e. The molecule has 106 valence electrons. The van der Waals surface area contributed by atoms with Crippen LogP contribution in [0, 0.1) is 12.7 Å². The fourth-order valence-corrected chi connectivity index (χ4v) is 1.91. The molecule has 0 aliphatic carbocycles. The minimum absolute atomic E-state index is 0.230. The van der Waals surface area contributed by atoms with E-state index in [0.717, 1.165) is 24.5 Å². The SMILES string of the molecule is CCCc1nc(NC)cc(Nc2cccc(F)c2C)n1. The third-order valence-electron chi connectivity index (χ3n) is 3.03. The Hall–Kier alpha value is -2.17. The Morgan fingerprint density at radius 1 is 1.20 bits per heavy atom. The van der Waals surface area contributed by atoms with E-state index in [9.17, 15) is 4.39 Å². The van der Waals surface area contributed by atoms with Crippen molar-refractivity contribution in [2.45, 2.75) is 26.7 Å². The molecule has 0 radical (unpaired) electrons. The maximum atomic E-state index is 13.5. The molecule has 0 unspecified atom stereocenters. The van der Waals surface area contributed by atoms with Crippen LogP contribution in [-0.4, -0.2) is 17.0 Å². The van der Waals surface area contributed by atoms with Gasteiger partial charge in [0, 0.05) is 30.8 Å². The Balaban J connectivity index is 2.32. The first-order chi connectivity index (χ1) is 9.63. The second-order valence-electron chi connectivity index (χ2n) is 4.59. The van der Waals surface area contributed by atoms with Crippen molar-refractivity contribution >= 4 is 17.3 Å². The number of nitrogens with one attached hydrogen (secondary N) is 2. The number of aromatic nitrogens is 2. The highest BCUT2D eigenvalue weighted by atomic mass is 19.1. The molecule has 2 aromatic rings. The Bertz CT molecular complexity index is 598. The van der Waals surface area contributed by atoms with Gasteiger partial charge >= 0.3 is 0 Å². The highest BCUT2D eigenvalue weighted by Gasteiger charge is 2.07. The number of nitrogens with zero attached hydrogens (tertiary/aromatic N) is 2. The molecule has 1 heterocycles. The van der Waals surface area contributed by atoms with Crippen molar-refractivity contribution < 1.29 is 4.39 Å². The van der Waals surface area contributed by atoms with E-state index in [1.54, 1.807) is 13.0 Å². The summed E-state index contributed by atoms with van der Waals surface area (Å²) < 4.78 is 13.5. The predicted octanol–water partition coefficient (Wildman–Crippen LogP) is 3.66. The van der Waals surface area contributed by atoms with E-state index in [1.807, 2.05) is 19.2 Å². The molecular formula is C15H19FN4. The predicted molar refractivity (Wildman–Crippen MR) is 80.0 cm³/mol. The van der Waals surface area contributed by atoms with Crippen LogP contribution in [0.25, 0.3) is 0 Å². The Morgan fingerprint density at radius 3 is 2.65 bits per heavy atom. The van der Waals surface area contributed by atoms with E-state index >= 15 is 0 Å². The van der Waals surface area contributed by atoms with Crippen LogP contribution in [0.15, 0.2) is 24.3 Å². The number of rotatable bonds is 5. The molecule has 20 heavy (non-hydrogen) atoms. The van der Waals surface area contributed by atoms with Crippen molar-refractivity contribution in [3.05, 3.63) is 41.5 Å². The van der Waals surface area contributed by atoms with E-state index in [2.05, 4.69) is 27.5 Å². The average molecular weight is 274 g/mol. The van der Waals surface area contributed by atoms with Gasteiger partial charge in [0.05, 0.1) is 0 Å². The van der Waals surface area contributed by atoms with Crippen LogP contribution in [0.5, 0.6) is 0 Å². The standard InChI is InChI=1S/C15H19FN4/c1-4-6-13-19-14(17-3)9-15(20-13)18-12-8-5-7-11(16)10(12)2/h5,7-9H,4,6H2,1-3H3,(H2,17,18,19,20). The second kappa shape index (κ2) is 6.32. The van der Waals surface area contributed by atoms with E-state index in [1.165, 1.54) is 6.07 Å². The van der Waals surface area contributed by atoms with Crippen LogP contribution in [0.2, 0.25) is 0 Å². The molecule has 1 aromatic carbocycles. The molecule has 2 rings (SSSR count). The Kier molecular flexibility index (Phi) is 4.50. The fourth-order valence-electron chi connectivity index (χ4n) is 1.91. The number of aryl methyl sites for hydroxylation is 1. The molecule has 2 N–H and O–H groups in total. The first-order valence-corrected chi connectivity index (χ1v) is 6.72. The first-order valence-electron chi connectivity index (χ1n) is 6.72. The molecule has 1 aromatic heterocycles. The number of hydrogen-bond donors (Lipinski definition) is 2. The lowest BCUT2D eigenvalue weighted by Crippen LogP contribution is -2.04. The van der Waals surface area contributed by atoms with Gasteiger partial charge in [-0.05, 0) is 25.5 Å². The van der Waals surface area contributed by atoms with Gasteiger partial charge < -0.3 is 10.6 Å². The zero-order valence-electron chi connectivity index (χ0n) is 12.0. The number of anilines is 3. The maximum Gasteiger partial charge on any atom is 0.136 e. The van der Waals surface area contributed by atoms with Crippen molar-refractivity contribution in [3.8, 4) is 0 Å². The molecule has 5 heteroatoms. The van der Waals surface area contributed by atoms with Crippen molar-refractivity contribution in [2.24, 2.45) is 0 Å². The van der Waals surface area contributed by atoms with Gasteiger partial charge in [-0.3, -0.25) is 0 Å². The van der Waals surface area contributed by atoms with Crippen molar-refractivity contribution in [1.29, 1.82) is 0 Å². The highest BCUT2D eigenvalue weighted by molar-refractivity contribution is 5.62. The fraction of sp³-hybridized carbons (Fsp3) is 0.333. The van der Waals surface area contributed by atoms with E-state index in [-0.39, 0.29) is 5.82 Å². The zero-order valence-corrected chi connectivity index (χ0v) is 12.0. The summed E-state index contributed by atoms with van der Waals surface area (Å²) in [6.07, 6.45) is 1.79. The summed E-state index contributed by atoms with van der Waals surface area (Å²) in [6, 6.07) is 6.77. The van der Waals surface area contributed by atoms with Crippen molar-refractivity contribution in [3.63, 3.8) is 0 Å². The summed E-state index contributed by atoms with van der Waals surface area (Å²) in [7, 11) is 1.81. The van der Waals surface area contributed by atoms with Crippen LogP contribution in [0.3, 0.4) is 0 Å². The lowest BCUT2D eigenvalue weighted by molar-refractivity contribution is 0.619.